The first kappa shape index (κ1) is 9.74. The summed E-state index contributed by atoms with van der Waals surface area (Å²) in [7, 11) is 2.06. The quantitative estimate of drug-likeness (QED) is 0.832. The first-order valence-corrected chi connectivity index (χ1v) is 5.37. The van der Waals surface area contributed by atoms with Gasteiger partial charge in [-0.2, -0.15) is 0 Å². The summed E-state index contributed by atoms with van der Waals surface area (Å²) in [5, 5.41) is 1.25. The topological polar surface area (TPSA) is 30.9 Å². The van der Waals surface area contributed by atoms with Crippen LogP contribution in [0.25, 0.3) is 10.9 Å². The monoisotopic (exact) mass is 252 g/mol. The second-order valence-electron chi connectivity index (χ2n) is 3.59. The van der Waals surface area contributed by atoms with E-state index >= 15 is 0 Å². The van der Waals surface area contributed by atoms with Crippen molar-refractivity contribution >= 4 is 26.8 Å². The number of nitrogens with zero attached hydrogens (tertiary/aromatic N) is 1. The van der Waals surface area contributed by atoms with Gasteiger partial charge in [0.2, 0.25) is 0 Å². The summed E-state index contributed by atoms with van der Waals surface area (Å²) in [5.41, 5.74) is 9.45. The number of hydrogen-bond acceptors (Lipinski definition) is 1. The Hall–Kier alpha value is -0.800. The molecular weight excluding hydrogens is 240 g/mol. The van der Waals surface area contributed by atoms with Crippen molar-refractivity contribution in [2.24, 2.45) is 12.8 Å². The lowest BCUT2D eigenvalue weighted by molar-refractivity contribution is 0.945. The van der Waals surface area contributed by atoms with E-state index in [1.54, 1.807) is 0 Å². The lowest BCUT2D eigenvalue weighted by atomic mass is 10.1. The van der Waals surface area contributed by atoms with Crippen LogP contribution in [-0.2, 0) is 13.6 Å². The molecule has 0 bridgehead atoms. The molecule has 0 atom stereocenters. The third kappa shape index (κ3) is 1.37. The average molecular weight is 253 g/mol. The first-order chi connectivity index (χ1) is 6.63. The minimum atomic E-state index is 0.591. The van der Waals surface area contributed by atoms with Crippen molar-refractivity contribution in [2.45, 2.75) is 13.5 Å². The van der Waals surface area contributed by atoms with Gasteiger partial charge in [0.15, 0.2) is 0 Å². The molecule has 0 saturated heterocycles. The Morgan fingerprint density at radius 3 is 2.79 bits per heavy atom. The summed E-state index contributed by atoms with van der Waals surface area (Å²) in [4.78, 5) is 0. The van der Waals surface area contributed by atoms with Gasteiger partial charge >= 0.3 is 0 Å². The molecule has 0 aliphatic rings. The zero-order chi connectivity index (χ0) is 10.3. The summed E-state index contributed by atoms with van der Waals surface area (Å²) in [6, 6.07) is 4.26. The van der Waals surface area contributed by atoms with Gasteiger partial charge in [-0.3, -0.25) is 0 Å². The molecule has 2 rings (SSSR count). The van der Waals surface area contributed by atoms with Gasteiger partial charge in [-0.25, -0.2) is 0 Å². The third-order valence-electron chi connectivity index (χ3n) is 2.53. The van der Waals surface area contributed by atoms with Crippen LogP contribution in [0.4, 0.5) is 0 Å². The fourth-order valence-corrected chi connectivity index (χ4v) is 2.55. The van der Waals surface area contributed by atoms with Crippen molar-refractivity contribution in [1.29, 1.82) is 0 Å². The Morgan fingerprint density at radius 2 is 2.14 bits per heavy atom. The second-order valence-corrected chi connectivity index (χ2v) is 4.50. The molecule has 0 saturated carbocycles. The van der Waals surface area contributed by atoms with E-state index in [0.29, 0.717) is 6.54 Å². The molecule has 2 aromatic rings. The van der Waals surface area contributed by atoms with Crippen LogP contribution in [0.1, 0.15) is 11.1 Å². The number of halogens is 1. The maximum absolute atomic E-state index is 5.70. The van der Waals surface area contributed by atoms with Gasteiger partial charge in [0.05, 0.1) is 5.52 Å². The molecule has 0 aliphatic heterocycles. The van der Waals surface area contributed by atoms with Gasteiger partial charge in [-0.1, -0.05) is 15.9 Å². The van der Waals surface area contributed by atoms with Crippen LogP contribution in [0.2, 0.25) is 0 Å². The molecule has 0 amide bonds. The van der Waals surface area contributed by atoms with Crippen LogP contribution in [0.5, 0.6) is 0 Å². The summed E-state index contributed by atoms with van der Waals surface area (Å²) >= 11 is 3.51. The fraction of sp³-hybridized carbons (Fsp3) is 0.273. The predicted molar refractivity (Wildman–Crippen MR) is 63.2 cm³/mol. The normalized spacial score (nSPS) is 11.1. The summed E-state index contributed by atoms with van der Waals surface area (Å²) in [5.74, 6) is 0. The molecule has 2 nitrogen and oxygen atoms in total. The first-order valence-electron chi connectivity index (χ1n) is 4.57. The van der Waals surface area contributed by atoms with Gasteiger partial charge in [0.25, 0.3) is 0 Å². The maximum Gasteiger partial charge on any atom is 0.0511 e. The minimum absolute atomic E-state index is 0.591. The molecule has 0 unspecified atom stereocenters. The van der Waals surface area contributed by atoms with Crippen LogP contribution < -0.4 is 5.73 Å². The predicted octanol–water partition coefficient (Wildman–Crippen LogP) is 2.71. The molecule has 0 radical (unpaired) electrons. The highest BCUT2D eigenvalue weighted by atomic mass is 79.9. The van der Waals surface area contributed by atoms with E-state index in [2.05, 4.69) is 52.8 Å². The highest BCUT2D eigenvalue weighted by molar-refractivity contribution is 9.10. The van der Waals surface area contributed by atoms with E-state index in [1.807, 2.05) is 0 Å². The van der Waals surface area contributed by atoms with E-state index in [4.69, 9.17) is 5.73 Å². The molecule has 1 aromatic heterocycles. The van der Waals surface area contributed by atoms with Crippen molar-refractivity contribution < 1.29 is 0 Å². The highest BCUT2D eigenvalue weighted by Gasteiger charge is 2.08. The molecule has 0 fully saturated rings. The van der Waals surface area contributed by atoms with E-state index in [1.165, 1.54) is 22.0 Å². The lowest BCUT2D eigenvalue weighted by Crippen LogP contribution is -1.94. The molecular formula is C11H13BrN2. The smallest absolute Gasteiger partial charge is 0.0511 e. The Kier molecular flexibility index (Phi) is 2.37. The number of nitrogens with two attached hydrogens (primary N) is 1. The molecule has 0 spiro atoms. The Labute approximate surface area is 91.8 Å². The Balaban J connectivity index is 2.89. The molecule has 74 valence electrons. The lowest BCUT2D eigenvalue weighted by Gasteiger charge is -2.02. The number of aryl methyl sites for hydroxylation is 2. The van der Waals surface area contributed by atoms with E-state index in [9.17, 15) is 0 Å². The molecule has 14 heavy (non-hydrogen) atoms. The van der Waals surface area contributed by atoms with Gasteiger partial charge in [-0.15, -0.1) is 0 Å². The highest BCUT2D eigenvalue weighted by Crippen LogP contribution is 2.27. The number of rotatable bonds is 1. The summed E-state index contributed by atoms with van der Waals surface area (Å²) in [6.45, 7) is 2.71. The van der Waals surface area contributed by atoms with Gasteiger partial charge in [-0.05, 0) is 30.2 Å². The van der Waals surface area contributed by atoms with Crippen LogP contribution >= 0.6 is 15.9 Å². The van der Waals surface area contributed by atoms with Crippen LogP contribution in [0.3, 0.4) is 0 Å². The Bertz CT molecular complexity index is 485. The SMILES string of the molecule is Cc1cc(Br)cc2c(CN)cn(C)c12. The van der Waals surface area contributed by atoms with Crippen LogP contribution in [-0.4, -0.2) is 4.57 Å². The largest absolute Gasteiger partial charge is 0.350 e. The van der Waals surface area contributed by atoms with Crippen molar-refractivity contribution in [3.05, 3.63) is 33.9 Å². The Morgan fingerprint density at radius 1 is 1.43 bits per heavy atom. The van der Waals surface area contributed by atoms with Gasteiger partial charge < -0.3 is 10.3 Å². The fourth-order valence-electron chi connectivity index (χ4n) is 1.98. The number of fused-ring (bicyclic) bond motifs is 1. The minimum Gasteiger partial charge on any atom is -0.350 e. The molecule has 2 N–H and O–H groups in total. The maximum atomic E-state index is 5.70. The van der Waals surface area contributed by atoms with E-state index < -0.39 is 0 Å². The molecule has 1 heterocycles. The standard InChI is InChI=1S/C11H13BrN2/c1-7-3-9(12)4-10-8(5-13)6-14(2)11(7)10/h3-4,6H,5,13H2,1-2H3. The van der Waals surface area contributed by atoms with Crippen molar-refractivity contribution in [3.63, 3.8) is 0 Å². The molecule has 3 heteroatoms. The molecule has 1 aromatic carbocycles. The average Bonchev–Trinajstić information content (AvgIpc) is 2.42. The van der Waals surface area contributed by atoms with Crippen molar-refractivity contribution in [1.82, 2.24) is 4.57 Å². The van der Waals surface area contributed by atoms with E-state index in [-0.39, 0.29) is 0 Å². The third-order valence-corrected chi connectivity index (χ3v) is 2.99. The van der Waals surface area contributed by atoms with E-state index in [0.717, 1.165) is 4.47 Å². The summed E-state index contributed by atoms with van der Waals surface area (Å²) in [6.07, 6.45) is 2.10. The van der Waals surface area contributed by atoms with Crippen LogP contribution in [0.15, 0.2) is 22.8 Å². The zero-order valence-corrected chi connectivity index (χ0v) is 9.93. The number of aromatic nitrogens is 1. The summed E-state index contributed by atoms with van der Waals surface area (Å²) < 4.78 is 3.25. The second kappa shape index (κ2) is 3.41. The molecule has 0 aliphatic carbocycles. The zero-order valence-electron chi connectivity index (χ0n) is 8.34. The van der Waals surface area contributed by atoms with Crippen molar-refractivity contribution in [3.8, 4) is 0 Å². The van der Waals surface area contributed by atoms with Gasteiger partial charge in [0.1, 0.15) is 0 Å². The number of hydrogen-bond donors (Lipinski definition) is 1. The number of benzene rings is 1. The van der Waals surface area contributed by atoms with Gasteiger partial charge in [0, 0.05) is 29.6 Å². The van der Waals surface area contributed by atoms with Crippen LogP contribution in [0, 0.1) is 6.92 Å². The van der Waals surface area contributed by atoms with Crippen molar-refractivity contribution in [2.75, 3.05) is 0 Å².